The molecule has 1 heterocycles. The number of nitrogens with one attached hydrogen (secondary N) is 1. The van der Waals surface area contributed by atoms with Gasteiger partial charge in [-0.1, -0.05) is 0 Å². The molecule has 1 aliphatic heterocycles. The number of fused-ring (bicyclic) bond motifs is 1. The van der Waals surface area contributed by atoms with Crippen LogP contribution in [0.1, 0.15) is 19.8 Å². The third-order valence-corrected chi connectivity index (χ3v) is 5.14. The van der Waals surface area contributed by atoms with Gasteiger partial charge in [-0.2, -0.15) is 0 Å². The minimum Gasteiger partial charge on any atom is -0.490 e. The molecule has 1 unspecified atom stereocenters. The molecule has 20 heavy (non-hydrogen) atoms. The van der Waals surface area contributed by atoms with Gasteiger partial charge in [0, 0.05) is 18.5 Å². The summed E-state index contributed by atoms with van der Waals surface area (Å²) in [5.74, 6) is 1.25. The van der Waals surface area contributed by atoms with E-state index in [9.17, 15) is 8.42 Å². The zero-order valence-electron chi connectivity index (χ0n) is 11.9. The highest BCUT2D eigenvalue weighted by molar-refractivity contribution is 7.91. The maximum absolute atomic E-state index is 12.3. The summed E-state index contributed by atoms with van der Waals surface area (Å²) in [6.45, 7) is 3.11. The lowest BCUT2D eigenvalue weighted by Crippen LogP contribution is -2.24. The standard InChI is InChI=1S/C14H21NO4S/c1-11(15-2)6-9-20(16,17)12-4-5-13-14(10-12)19-8-3-7-18-13/h4-5,10-11,15H,3,6-9H2,1-2H3. The number of benzene rings is 1. The lowest BCUT2D eigenvalue weighted by molar-refractivity contribution is 0.297. The van der Waals surface area contributed by atoms with Crippen LogP contribution in [0.3, 0.4) is 0 Å². The molecule has 0 radical (unpaired) electrons. The summed E-state index contributed by atoms with van der Waals surface area (Å²) in [4.78, 5) is 0.296. The first kappa shape index (κ1) is 15.1. The predicted octanol–water partition coefficient (Wildman–Crippen LogP) is 1.62. The average molecular weight is 299 g/mol. The Bertz CT molecular complexity index is 556. The Hall–Kier alpha value is -1.27. The topological polar surface area (TPSA) is 64.6 Å². The van der Waals surface area contributed by atoms with Crippen molar-refractivity contribution in [2.45, 2.75) is 30.7 Å². The molecular formula is C14H21NO4S. The summed E-state index contributed by atoms with van der Waals surface area (Å²) in [5, 5.41) is 3.04. The van der Waals surface area contributed by atoms with Crippen LogP contribution in [0, 0.1) is 0 Å². The molecule has 1 aromatic carbocycles. The third kappa shape index (κ3) is 3.64. The molecule has 0 spiro atoms. The van der Waals surface area contributed by atoms with Gasteiger partial charge in [-0.05, 0) is 32.5 Å². The molecule has 0 amide bonds. The normalized spacial score (nSPS) is 16.5. The second-order valence-electron chi connectivity index (χ2n) is 4.96. The summed E-state index contributed by atoms with van der Waals surface area (Å²) in [7, 11) is -1.46. The average Bonchev–Trinajstić information content (AvgIpc) is 2.69. The van der Waals surface area contributed by atoms with Gasteiger partial charge in [0.05, 0.1) is 23.9 Å². The molecule has 0 saturated carbocycles. The smallest absolute Gasteiger partial charge is 0.178 e. The molecule has 1 aromatic rings. The molecule has 5 nitrogen and oxygen atoms in total. The fourth-order valence-electron chi connectivity index (χ4n) is 1.93. The minimum absolute atomic E-state index is 0.120. The van der Waals surface area contributed by atoms with Crippen LogP contribution in [-0.4, -0.2) is 40.5 Å². The molecule has 1 aliphatic rings. The maximum atomic E-state index is 12.3. The van der Waals surface area contributed by atoms with Crippen LogP contribution in [-0.2, 0) is 9.84 Å². The van der Waals surface area contributed by atoms with Gasteiger partial charge in [-0.3, -0.25) is 0 Å². The molecule has 0 fully saturated rings. The molecule has 1 N–H and O–H groups in total. The molecule has 0 saturated heterocycles. The monoisotopic (exact) mass is 299 g/mol. The Morgan fingerprint density at radius 3 is 2.65 bits per heavy atom. The Labute approximate surface area is 120 Å². The van der Waals surface area contributed by atoms with E-state index in [0.29, 0.717) is 36.0 Å². The van der Waals surface area contributed by atoms with Crippen LogP contribution in [0.4, 0.5) is 0 Å². The van der Waals surface area contributed by atoms with Gasteiger partial charge in [0.15, 0.2) is 21.3 Å². The fraction of sp³-hybridized carbons (Fsp3) is 0.571. The van der Waals surface area contributed by atoms with Gasteiger partial charge in [0.2, 0.25) is 0 Å². The molecule has 0 bridgehead atoms. The SMILES string of the molecule is CNC(C)CCS(=O)(=O)c1ccc2c(c1)OCCCO2. The van der Waals surface area contributed by atoms with Crippen molar-refractivity contribution >= 4 is 9.84 Å². The molecule has 2 rings (SSSR count). The van der Waals surface area contributed by atoms with Crippen LogP contribution in [0.15, 0.2) is 23.1 Å². The molecule has 112 valence electrons. The van der Waals surface area contributed by atoms with E-state index in [4.69, 9.17) is 9.47 Å². The predicted molar refractivity (Wildman–Crippen MR) is 77.2 cm³/mol. The molecular weight excluding hydrogens is 278 g/mol. The van der Waals surface area contributed by atoms with Crippen LogP contribution in [0.25, 0.3) is 0 Å². The number of hydrogen-bond donors (Lipinski definition) is 1. The summed E-state index contributed by atoms with van der Waals surface area (Å²) in [6, 6.07) is 5.01. The van der Waals surface area contributed by atoms with E-state index in [-0.39, 0.29) is 11.8 Å². The first-order chi connectivity index (χ1) is 9.53. The van der Waals surface area contributed by atoms with Crippen molar-refractivity contribution in [3.63, 3.8) is 0 Å². The number of sulfone groups is 1. The highest BCUT2D eigenvalue weighted by Gasteiger charge is 2.19. The van der Waals surface area contributed by atoms with Gasteiger partial charge in [0.1, 0.15) is 0 Å². The van der Waals surface area contributed by atoms with E-state index in [1.165, 1.54) is 0 Å². The quantitative estimate of drug-likeness (QED) is 0.895. The van der Waals surface area contributed by atoms with E-state index < -0.39 is 9.84 Å². The lowest BCUT2D eigenvalue weighted by Gasteiger charge is -2.12. The first-order valence-corrected chi connectivity index (χ1v) is 8.48. The van der Waals surface area contributed by atoms with Crippen LogP contribution >= 0.6 is 0 Å². The first-order valence-electron chi connectivity index (χ1n) is 6.82. The number of ether oxygens (including phenoxy) is 2. The van der Waals surface area contributed by atoms with E-state index in [0.717, 1.165) is 6.42 Å². The van der Waals surface area contributed by atoms with Gasteiger partial charge in [-0.15, -0.1) is 0 Å². The van der Waals surface area contributed by atoms with Crippen LogP contribution in [0.5, 0.6) is 11.5 Å². The summed E-state index contributed by atoms with van der Waals surface area (Å²) < 4.78 is 35.6. The maximum Gasteiger partial charge on any atom is 0.178 e. The number of hydrogen-bond acceptors (Lipinski definition) is 5. The summed E-state index contributed by atoms with van der Waals surface area (Å²) in [6.07, 6.45) is 1.38. The van der Waals surface area contributed by atoms with E-state index in [1.807, 2.05) is 14.0 Å². The second-order valence-corrected chi connectivity index (χ2v) is 7.07. The Balaban J connectivity index is 2.17. The van der Waals surface area contributed by atoms with Gasteiger partial charge in [0.25, 0.3) is 0 Å². The van der Waals surface area contributed by atoms with Crippen LogP contribution < -0.4 is 14.8 Å². The summed E-state index contributed by atoms with van der Waals surface area (Å²) in [5.41, 5.74) is 0. The van der Waals surface area contributed by atoms with Crippen LogP contribution in [0.2, 0.25) is 0 Å². The van der Waals surface area contributed by atoms with Crippen molar-refractivity contribution in [2.24, 2.45) is 0 Å². The van der Waals surface area contributed by atoms with Crippen molar-refractivity contribution in [3.05, 3.63) is 18.2 Å². The van der Waals surface area contributed by atoms with Crippen molar-refractivity contribution in [1.29, 1.82) is 0 Å². The molecule has 0 aromatic heterocycles. The highest BCUT2D eigenvalue weighted by atomic mass is 32.2. The fourth-order valence-corrected chi connectivity index (χ4v) is 3.39. The van der Waals surface area contributed by atoms with Gasteiger partial charge < -0.3 is 14.8 Å². The second kappa shape index (κ2) is 6.45. The van der Waals surface area contributed by atoms with Crippen molar-refractivity contribution in [3.8, 4) is 11.5 Å². The van der Waals surface area contributed by atoms with Crippen molar-refractivity contribution in [1.82, 2.24) is 5.32 Å². The van der Waals surface area contributed by atoms with E-state index in [1.54, 1.807) is 18.2 Å². The van der Waals surface area contributed by atoms with Gasteiger partial charge in [-0.25, -0.2) is 8.42 Å². The lowest BCUT2D eigenvalue weighted by atomic mass is 10.3. The molecule has 1 atom stereocenters. The zero-order valence-corrected chi connectivity index (χ0v) is 12.7. The zero-order chi connectivity index (χ0) is 14.6. The highest BCUT2D eigenvalue weighted by Crippen LogP contribution is 2.32. The third-order valence-electron chi connectivity index (χ3n) is 3.39. The molecule has 6 heteroatoms. The van der Waals surface area contributed by atoms with Gasteiger partial charge >= 0.3 is 0 Å². The summed E-state index contributed by atoms with van der Waals surface area (Å²) >= 11 is 0. The largest absolute Gasteiger partial charge is 0.490 e. The molecule has 0 aliphatic carbocycles. The van der Waals surface area contributed by atoms with Crippen molar-refractivity contribution in [2.75, 3.05) is 26.0 Å². The van der Waals surface area contributed by atoms with E-state index >= 15 is 0 Å². The van der Waals surface area contributed by atoms with E-state index in [2.05, 4.69) is 5.32 Å². The Morgan fingerprint density at radius 1 is 1.25 bits per heavy atom. The minimum atomic E-state index is -3.29. The number of rotatable bonds is 5. The Kier molecular flexibility index (Phi) is 4.88. The Morgan fingerprint density at radius 2 is 1.95 bits per heavy atom. The van der Waals surface area contributed by atoms with Crippen molar-refractivity contribution < 1.29 is 17.9 Å².